The standard InChI is InChI=1S/C14H14ClN7O/c1-2-5-17-14(23)9-3-4-11(15)12(6-9)18-8-10(7-16)13-19-21-22-20-13/h3-4,6,8,18H,2,5H2,1H3,(H,17,23)(H,19,20,21,22). The van der Waals surface area contributed by atoms with Gasteiger partial charge in [0, 0.05) is 18.3 Å². The van der Waals surface area contributed by atoms with E-state index in [1.165, 1.54) is 6.20 Å². The van der Waals surface area contributed by atoms with Gasteiger partial charge in [-0.3, -0.25) is 4.79 Å². The molecule has 0 radical (unpaired) electrons. The minimum Gasteiger partial charge on any atom is -0.359 e. The summed E-state index contributed by atoms with van der Waals surface area (Å²) in [5.41, 5.74) is 1.14. The van der Waals surface area contributed by atoms with Crippen LogP contribution in [-0.2, 0) is 0 Å². The summed E-state index contributed by atoms with van der Waals surface area (Å²) in [5.74, 6) is -0.0258. The van der Waals surface area contributed by atoms with Crippen molar-refractivity contribution in [2.75, 3.05) is 11.9 Å². The molecule has 0 atom stereocenters. The number of halogens is 1. The molecule has 1 aromatic heterocycles. The fourth-order valence-electron chi connectivity index (χ4n) is 1.69. The largest absolute Gasteiger partial charge is 0.359 e. The SMILES string of the molecule is CCCNC(=O)c1ccc(Cl)c(NC=C(C#N)c2nn[nH]n2)c1. The van der Waals surface area contributed by atoms with Crippen molar-refractivity contribution in [1.29, 1.82) is 5.26 Å². The van der Waals surface area contributed by atoms with Gasteiger partial charge in [-0.1, -0.05) is 18.5 Å². The van der Waals surface area contributed by atoms with Gasteiger partial charge in [0.1, 0.15) is 11.6 Å². The second-order valence-electron chi connectivity index (χ2n) is 4.50. The maximum atomic E-state index is 12.0. The van der Waals surface area contributed by atoms with Gasteiger partial charge >= 0.3 is 0 Å². The summed E-state index contributed by atoms with van der Waals surface area (Å²) in [7, 11) is 0. The Morgan fingerprint density at radius 2 is 2.35 bits per heavy atom. The molecule has 2 rings (SSSR count). The fraction of sp³-hybridized carbons (Fsp3) is 0.214. The Kier molecular flexibility index (Phi) is 5.66. The Bertz CT molecular complexity index is 749. The third kappa shape index (κ3) is 4.28. The summed E-state index contributed by atoms with van der Waals surface area (Å²) < 4.78 is 0. The molecule has 2 aromatic rings. The number of aromatic nitrogens is 4. The summed E-state index contributed by atoms with van der Waals surface area (Å²) in [6.07, 6.45) is 2.25. The normalized spacial score (nSPS) is 10.9. The number of carbonyl (C=O) groups is 1. The van der Waals surface area contributed by atoms with Crippen molar-refractivity contribution in [2.45, 2.75) is 13.3 Å². The summed E-state index contributed by atoms with van der Waals surface area (Å²) in [6.45, 7) is 2.57. The lowest BCUT2D eigenvalue weighted by Crippen LogP contribution is -2.23. The number of nitriles is 1. The van der Waals surface area contributed by atoms with Crippen LogP contribution in [0.3, 0.4) is 0 Å². The molecule has 8 nitrogen and oxygen atoms in total. The van der Waals surface area contributed by atoms with Gasteiger partial charge in [-0.2, -0.15) is 10.5 Å². The van der Waals surface area contributed by atoms with Gasteiger partial charge in [0.2, 0.25) is 5.82 Å². The van der Waals surface area contributed by atoms with Crippen molar-refractivity contribution in [3.05, 3.63) is 40.8 Å². The average Bonchev–Trinajstić information content (AvgIpc) is 3.09. The van der Waals surface area contributed by atoms with Gasteiger partial charge in [0.25, 0.3) is 5.91 Å². The van der Waals surface area contributed by atoms with Gasteiger partial charge in [-0.25, -0.2) is 0 Å². The highest BCUT2D eigenvalue weighted by atomic mass is 35.5. The molecule has 3 N–H and O–H groups in total. The summed E-state index contributed by atoms with van der Waals surface area (Å²) >= 11 is 6.10. The van der Waals surface area contributed by atoms with E-state index in [0.29, 0.717) is 22.8 Å². The minimum absolute atomic E-state index is 0.160. The number of nitrogens with zero attached hydrogens (tertiary/aromatic N) is 4. The topological polar surface area (TPSA) is 119 Å². The summed E-state index contributed by atoms with van der Waals surface area (Å²) in [6, 6.07) is 6.80. The van der Waals surface area contributed by atoms with E-state index >= 15 is 0 Å². The Morgan fingerprint density at radius 1 is 1.52 bits per heavy atom. The van der Waals surface area contributed by atoms with Crippen LogP contribution in [0.5, 0.6) is 0 Å². The zero-order valence-corrected chi connectivity index (χ0v) is 13.1. The molecule has 9 heteroatoms. The van der Waals surface area contributed by atoms with E-state index in [9.17, 15) is 4.79 Å². The number of carbonyl (C=O) groups excluding carboxylic acids is 1. The van der Waals surface area contributed by atoms with Crippen LogP contribution in [0.4, 0.5) is 5.69 Å². The van der Waals surface area contributed by atoms with Crippen LogP contribution in [0.25, 0.3) is 5.57 Å². The Hall–Kier alpha value is -2.92. The number of rotatable bonds is 6. The minimum atomic E-state index is -0.186. The van der Waals surface area contributed by atoms with E-state index in [1.54, 1.807) is 18.2 Å². The lowest BCUT2D eigenvalue weighted by atomic mass is 10.2. The smallest absolute Gasteiger partial charge is 0.251 e. The molecule has 0 saturated heterocycles. The van der Waals surface area contributed by atoms with E-state index in [0.717, 1.165) is 6.42 Å². The average molecular weight is 332 g/mol. The molecule has 0 bridgehead atoms. The number of H-pyrrole nitrogens is 1. The molecule has 0 fully saturated rings. The third-order valence-electron chi connectivity index (χ3n) is 2.84. The van der Waals surface area contributed by atoms with Crippen molar-refractivity contribution in [3.63, 3.8) is 0 Å². The van der Waals surface area contributed by atoms with Crippen LogP contribution in [0.15, 0.2) is 24.4 Å². The first kappa shape index (κ1) is 16.5. The van der Waals surface area contributed by atoms with Crippen LogP contribution >= 0.6 is 11.6 Å². The van der Waals surface area contributed by atoms with Crippen LogP contribution < -0.4 is 10.6 Å². The monoisotopic (exact) mass is 331 g/mol. The van der Waals surface area contributed by atoms with Crippen molar-refractivity contribution >= 4 is 28.8 Å². The highest BCUT2D eigenvalue weighted by Crippen LogP contribution is 2.23. The molecular weight excluding hydrogens is 318 g/mol. The molecule has 0 spiro atoms. The zero-order valence-electron chi connectivity index (χ0n) is 12.3. The van der Waals surface area contributed by atoms with Crippen molar-refractivity contribution in [1.82, 2.24) is 25.9 Å². The quantitative estimate of drug-likeness (QED) is 0.696. The van der Waals surface area contributed by atoms with Gasteiger partial charge in [0.05, 0.1) is 10.7 Å². The molecule has 1 heterocycles. The number of tetrazole rings is 1. The third-order valence-corrected chi connectivity index (χ3v) is 3.17. The van der Waals surface area contributed by atoms with Crippen LogP contribution in [-0.4, -0.2) is 33.1 Å². The predicted molar refractivity (Wildman–Crippen MR) is 85.5 cm³/mol. The Balaban J connectivity index is 2.19. The van der Waals surface area contributed by atoms with Crippen molar-refractivity contribution < 1.29 is 4.79 Å². The predicted octanol–water partition coefficient (Wildman–Crippen LogP) is 1.97. The number of anilines is 1. The number of hydrogen-bond acceptors (Lipinski definition) is 6. The van der Waals surface area contributed by atoms with Gasteiger partial charge < -0.3 is 10.6 Å². The lowest BCUT2D eigenvalue weighted by Gasteiger charge is -2.08. The molecule has 0 saturated carbocycles. The van der Waals surface area contributed by atoms with Crippen LogP contribution in [0, 0.1) is 11.3 Å². The first-order valence-corrected chi connectivity index (χ1v) is 7.22. The lowest BCUT2D eigenvalue weighted by molar-refractivity contribution is 0.0953. The number of nitrogens with one attached hydrogen (secondary N) is 3. The molecule has 23 heavy (non-hydrogen) atoms. The molecule has 1 aromatic carbocycles. The maximum absolute atomic E-state index is 12.0. The molecule has 0 aliphatic heterocycles. The second-order valence-corrected chi connectivity index (χ2v) is 4.91. The van der Waals surface area contributed by atoms with Crippen LogP contribution in [0.2, 0.25) is 5.02 Å². The highest BCUT2D eigenvalue weighted by Gasteiger charge is 2.09. The second kappa shape index (κ2) is 7.91. The first-order valence-electron chi connectivity index (χ1n) is 6.84. The summed E-state index contributed by atoms with van der Waals surface area (Å²) in [5, 5.41) is 28.3. The van der Waals surface area contributed by atoms with E-state index in [-0.39, 0.29) is 17.3 Å². The van der Waals surface area contributed by atoms with Crippen molar-refractivity contribution in [3.8, 4) is 6.07 Å². The number of amides is 1. The van der Waals surface area contributed by atoms with Gasteiger partial charge in [-0.05, 0) is 29.8 Å². The highest BCUT2D eigenvalue weighted by molar-refractivity contribution is 6.33. The zero-order chi connectivity index (χ0) is 16.7. The van der Waals surface area contributed by atoms with Crippen molar-refractivity contribution in [2.24, 2.45) is 0 Å². The molecule has 1 amide bonds. The number of hydrogen-bond donors (Lipinski definition) is 3. The molecule has 0 aliphatic rings. The fourth-order valence-corrected chi connectivity index (χ4v) is 1.86. The number of aromatic amines is 1. The van der Waals surface area contributed by atoms with E-state index in [4.69, 9.17) is 16.9 Å². The number of allylic oxidation sites excluding steroid dienone is 1. The van der Waals surface area contributed by atoms with E-state index in [2.05, 4.69) is 31.3 Å². The molecule has 0 aliphatic carbocycles. The van der Waals surface area contributed by atoms with Gasteiger partial charge in [-0.15, -0.1) is 10.2 Å². The molecule has 118 valence electrons. The Labute approximate surface area is 137 Å². The maximum Gasteiger partial charge on any atom is 0.251 e. The number of benzene rings is 1. The molecular formula is C14H14ClN7O. The Morgan fingerprint density at radius 3 is 3.00 bits per heavy atom. The van der Waals surface area contributed by atoms with E-state index < -0.39 is 0 Å². The first-order chi connectivity index (χ1) is 11.2. The van der Waals surface area contributed by atoms with E-state index in [1.807, 2.05) is 13.0 Å². The molecule has 0 unspecified atom stereocenters. The summed E-state index contributed by atoms with van der Waals surface area (Å²) in [4.78, 5) is 12.0. The van der Waals surface area contributed by atoms with Gasteiger partial charge in [0.15, 0.2) is 0 Å². The van der Waals surface area contributed by atoms with Crippen LogP contribution in [0.1, 0.15) is 29.5 Å².